The molecule has 3 nitrogen and oxygen atoms in total. The number of carbonyl (C=O) groups is 1. The predicted octanol–water partition coefficient (Wildman–Crippen LogP) is 4.62. The molecule has 0 fully saturated rings. The Labute approximate surface area is 142 Å². The van der Waals surface area contributed by atoms with E-state index >= 15 is 0 Å². The van der Waals surface area contributed by atoms with E-state index in [1.165, 1.54) is 34.9 Å². The van der Waals surface area contributed by atoms with E-state index in [-0.39, 0.29) is 5.91 Å². The first kappa shape index (κ1) is 15.0. The van der Waals surface area contributed by atoms with Crippen molar-refractivity contribution in [1.29, 1.82) is 0 Å². The van der Waals surface area contributed by atoms with Gasteiger partial charge in [-0.05, 0) is 67.0 Å². The summed E-state index contributed by atoms with van der Waals surface area (Å²) in [7, 11) is 0. The summed E-state index contributed by atoms with van der Waals surface area (Å²) in [6.07, 6.45) is 7.94. The number of aromatic nitrogens is 1. The largest absolute Gasteiger partial charge is 0.361 e. The molecule has 2 aromatic carbocycles. The molecule has 1 aromatic heterocycles. The van der Waals surface area contributed by atoms with Gasteiger partial charge in [-0.3, -0.25) is 4.79 Å². The fraction of sp³-hybridized carbons (Fsp3) is 0.286. The average Bonchev–Trinajstić information content (AvgIpc) is 3.21. The topological polar surface area (TPSA) is 44.9 Å². The lowest BCUT2D eigenvalue weighted by atomic mass is 10.1. The molecule has 0 radical (unpaired) electrons. The third-order valence-electron chi connectivity index (χ3n) is 4.91. The van der Waals surface area contributed by atoms with Crippen molar-refractivity contribution in [1.82, 2.24) is 4.98 Å². The Balaban J connectivity index is 1.32. The van der Waals surface area contributed by atoms with Gasteiger partial charge in [0.25, 0.3) is 0 Å². The van der Waals surface area contributed by atoms with Crippen LogP contribution in [0.25, 0.3) is 10.9 Å². The summed E-state index contributed by atoms with van der Waals surface area (Å²) in [5.74, 6) is 0.104. The molecular weight excluding hydrogens is 296 g/mol. The number of nitrogens with one attached hydrogen (secondary N) is 2. The predicted molar refractivity (Wildman–Crippen MR) is 98.3 cm³/mol. The summed E-state index contributed by atoms with van der Waals surface area (Å²) >= 11 is 0. The Morgan fingerprint density at radius 1 is 1.08 bits per heavy atom. The van der Waals surface area contributed by atoms with Gasteiger partial charge in [0.15, 0.2) is 0 Å². The first-order chi connectivity index (χ1) is 11.8. The highest BCUT2D eigenvalue weighted by molar-refractivity contribution is 5.91. The number of rotatable bonds is 5. The molecule has 0 saturated carbocycles. The number of aryl methyl sites for hydroxylation is 3. The number of para-hydroxylation sites is 1. The van der Waals surface area contributed by atoms with Crippen molar-refractivity contribution in [2.75, 3.05) is 5.32 Å². The van der Waals surface area contributed by atoms with Gasteiger partial charge in [-0.2, -0.15) is 0 Å². The minimum Gasteiger partial charge on any atom is -0.361 e. The molecule has 3 aromatic rings. The highest BCUT2D eigenvalue weighted by Crippen LogP contribution is 2.25. The van der Waals surface area contributed by atoms with Crippen LogP contribution in [-0.2, 0) is 24.1 Å². The Hall–Kier alpha value is -2.55. The van der Waals surface area contributed by atoms with Crippen LogP contribution in [0.15, 0.2) is 48.7 Å². The summed E-state index contributed by atoms with van der Waals surface area (Å²) in [6, 6.07) is 14.6. The second kappa shape index (κ2) is 6.52. The molecule has 4 rings (SSSR count). The van der Waals surface area contributed by atoms with Crippen LogP contribution >= 0.6 is 0 Å². The van der Waals surface area contributed by atoms with Crippen molar-refractivity contribution in [3.05, 3.63) is 65.4 Å². The van der Waals surface area contributed by atoms with E-state index in [0.717, 1.165) is 30.5 Å². The van der Waals surface area contributed by atoms with Crippen molar-refractivity contribution in [3.63, 3.8) is 0 Å². The molecule has 24 heavy (non-hydrogen) atoms. The molecular formula is C21H22N2O. The van der Waals surface area contributed by atoms with Gasteiger partial charge in [0.1, 0.15) is 0 Å². The van der Waals surface area contributed by atoms with E-state index < -0.39 is 0 Å². The summed E-state index contributed by atoms with van der Waals surface area (Å²) in [5, 5.41) is 4.30. The first-order valence-electron chi connectivity index (χ1n) is 8.76. The lowest BCUT2D eigenvalue weighted by Crippen LogP contribution is -2.11. The maximum Gasteiger partial charge on any atom is 0.224 e. The van der Waals surface area contributed by atoms with Crippen molar-refractivity contribution in [3.8, 4) is 0 Å². The Kier molecular flexibility index (Phi) is 4.08. The highest BCUT2D eigenvalue weighted by Gasteiger charge is 2.12. The number of amides is 1. The first-order valence-corrected chi connectivity index (χ1v) is 8.76. The van der Waals surface area contributed by atoms with Gasteiger partial charge in [-0.15, -0.1) is 0 Å². The number of H-pyrrole nitrogens is 1. The number of anilines is 1. The van der Waals surface area contributed by atoms with Gasteiger partial charge in [-0.25, -0.2) is 0 Å². The lowest BCUT2D eigenvalue weighted by molar-refractivity contribution is -0.116. The molecule has 2 N–H and O–H groups in total. The van der Waals surface area contributed by atoms with Crippen LogP contribution in [0.5, 0.6) is 0 Å². The molecule has 0 spiro atoms. The van der Waals surface area contributed by atoms with Crippen LogP contribution in [0, 0.1) is 0 Å². The number of fused-ring (bicyclic) bond motifs is 2. The number of carbonyl (C=O) groups excluding carboxylic acids is 1. The molecule has 1 amide bonds. The van der Waals surface area contributed by atoms with Crippen LogP contribution in [0.2, 0.25) is 0 Å². The maximum atomic E-state index is 12.2. The monoisotopic (exact) mass is 318 g/mol. The number of hydrogen-bond donors (Lipinski definition) is 2. The third-order valence-corrected chi connectivity index (χ3v) is 4.91. The van der Waals surface area contributed by atoms with E-state index in [4.69, 9.17) is 0 Å². The van der Waals surface area contributed by atoms with Gasteiger partial charge in [0, 0.05) is 29.2 Å². The van der Waals surface area contributed by atoms with Crippen LogP contribution in [0.1, 0.15) is 36.0 Å². The second-order valence-electron chi connectivity index (χ2n) is 6.60. The summed E-state index contributed by atoms with van der Waals surface area (Å²) in [4.78, 5) is 15.5. The highest BCUT2D eigenvalue weighted by atomic mass is 16.1. The van der Waals surface area contributed by atoms with E-state index in [1.807, 2.05) is 12.1 Å². The molecule has 0 saturated heterocycles. The molecule has 1 heterocycles. The molecule has 0 atom stereocenters. The zero-order valence-electron chi connectivity index (χ0n) is 13.8. The quantitative estimate of drug-likeness (QED) is 0.708. The SMILES string of the molecule is O=C(CCCc1c[nH]c2ccccc12)Nc1ccc2c(c1)CCC2. The maximum absolute atomic E-state index is 12.2. The lowest BCUT2D eigenvalue weighted by Gasteiger charge is -2.07. The van der Waals surface area contributed by atoms with Crippen molar-refractivity contribution >= 4 is 22.5 Å². The zero-order valence-corrected chi connectivity index (χ0v) is 13.8. The van der Waals surface area contributed by atoms with E-state index in [9.17, 15) is 4.79 Å². The van der Waals surface area contributed by atoms with E-state index in [2.05, 4.69) is 46.8 Å². The number of aromatic amines is 1. The van der Waals surface area contributed by atoms with Crippen molar-refractivity contribution in [2.45, 2.75) is 38.5 Å². The minimum atomic E-state index is 0.104. The van der Waals surface area contributed by atoms with Crippen LogP contribution in [-0.4, -0.2) is 10.9 Å². The van der Waals surface area contributed by atoms with E-state index in [0.29, 0.717) is 6.42 Å². The van der Waals surface area contributed by atoms with Crippen LogP contribution < -0.4 is 5.32 Å². The standard InChI is InChI=1S/C21H22N2O/c24-21(23-18-12-11-15-5-3-6-16(15)13-18)10-4-7-17-14-22-20-9-2-1-8-19(17)20/h1-2,8-9,11-14,22H,3-7,10H2,(H,23,24). The van der Waals surface area contributed by atoms with Gasteiger partial charge in [0.05, 0.1) is 0 Å². The smallest absolute Gasteiger partial charge is 0.224 e. The van der Waals surface area contributed by atoms with Gasteiger partial charge in [0.2, 0.25) is 5.91 Å². The van der Waals surface area contributed by atoms with Crippen LogP contribution in [0.4, 0.5) is 5.69 Å². The Morgan fingerprint density at radius 2 is 1.96 bits per heavy atom. The number of benzene rings is 2. The fourth-order valence-electron chi connectivity index (χ4n) is 3.65. The molecule has 0 bridgehead atoms. The molecule has 1 aliphatic rings. The van der Waals surface area contributed by atoms with Crippen molar-refractivity contribution in [2.24, 2.45) is 0 Å². The normalized spacial score (nSPS) is 13.2. The Bertz CT molecular complexity index is 878. The molecule has 3 heteroatoms. The summed E-state index contributed by atoms with van der Waals surface area (Å²) in [5.41, 5.74) is 6.22. The molecule has 122 valence electrons. The van der Waals surface area contributed by atoms with Gasteiger partial charge in [-0.1, -0.05) is 24.3 Å². The van der Waals surface area contributed by atoms with Gasteiger partial charge < -0.3 is 10.3 Å². The molecule has 0 unspecified atom stereocenters. The fourth-order valence-corrected chi connectivity index (χ4v) is 3.65. The third kappa shape index (κ3) is 3.07. The van der Waals surface area contributed by atoms with Crippen molar-refractivity contribution < 1.29 is 4.79 Å². The average molecular weight is 318 g/mol. The zero-order chi connectivity index (χ0) is 16.4. The van der Waals surface area contributed by atoms with Gasteiger partial charge >= 0.3 is 0 Å². The summed E-state index contributed by atoms with van der Waals surface area (Å²) in [6.45, 7) is 0. The minimum absolute atomic E-state index is 0.104. The summed E-state index contributed by atoms with van der Waals surface area (Å²) < 4.78 is 0. The Morgan fingerprint density at radius 3 is 2.92 bits per heavy atom. The van der Waals surface area contributed by atoms with E-state index in [1.54, 1.807) is 0 Å². The molecule has 1 aliphatic carbocycles. The number of hydrogen-bond acceptors (Lipinski definition) is 1. The second-order valence-corrected chi connectivity index (χ2v) is 6.60. The molecule has 0 aliphatic heterocycles. The van der Waals surface area contributed by atoms with Crippen LogP contribution in [0.3, 0.4) is 0 Å².